The van der Waals surface area contributed by atoms with Gasteiger partial charge >= 0.3 is 11.9 Å². The molecule has 1 aromatic carbocycles. The van der Waals surface area contributed by atoms with Gasteiger partial charge in [-0.25, -0.2) is 22.9 Å². The molecule has 36 heavy (non-hydrogen) atoms. The topological polar surface area (TPSA) is 113 Å². The standard InChI is InChI=1S/C23H23F3N4O5S/c1-34-23(33)17-15(11-30-7-8-35-12(10-30)2-5-16(31)32)28-21(22-27-6-9-36-22)29-20(17)13-3-4-14(24)19(26)18(13)25/h3-4,6,9,12,20H,2,5,7-8,10-11H2,1H3,(H,28,29)(H,31,32)/t12-,20+/m1/s1. The Kier molecular flexibility index (Phi) is 8.01. The molecule has 2 aliphatic rings. The van der Waals surface area contributed by atoms with Crippen molar-refractivity contribution in [3.05, 3.63) is 63.0 Å². The van der Waals surface area contributed by atoms with Gasteiger partial charge in [-0.05, 0) is 12.5 Å². The molecule has 4 rings (SSSR count). The summed E-state index contributed by atoms with van der Waals surface area (Å²) in [6, 6.07) is 0.494. The number of aliphatic imine (C=N–C) groups is 1. The average molecular weight is 525 g/mol. The first-order chi connectivity index (χ1) is 17.3. The number of hydrogen-bond donors (Lipinski definition) is 2. The Labute approximate surface area is 208 Å². The number of thiazole rings is 1. The lowest BCUT2D eigenvalue weighted by molar-refractivity contribution is -0.138. The van der Waals surface area contributed by atoms with Crippen molar-refractivity contribution in [3.63, 3.8) is 0 Å². The van der Waals surface area contributed by atoms with Gasteiger partial charge in [-0.3, -0.25) is 14.7 Å². The zero-order chi connectivity index (χ0) is 25.8. The van der Waals surface area contributed by atoms with E-state index in [2.05, 4.69) is 15.3 Å². The van der Waals surface area contributed by atoms with Gasteiger partial charge in [0.25, 0.3) is 0 Å². The van der Waals surface area contributed by atoms with E-state index in [1.54, 1.807) is 11.6 Å². The lowest BCUT2D eigenvalue weighted by Crippen LogP contribution is -2.46. The highest BCUT2D eigenvalue weighted by molar-refractivity contribution is 7.11. The molecule has 0 spiro atoms. The molecular weight excluding hydrogens is 501 g/mol. The lowest BCUT2D eigenvalue weighted by atomic mass is 9.94. The number of nitrogens with zero attached hydrogens (tertiary/aromatic N) is 3. The number of methoxy groups -OCH3 is 1. The number of aliphatic carboxylic acids is 1. The highest BCUT2D eigenvalue weighted by atomic mass is 32.1. The van der Waals surface area contributed by atoms with Gasteiger partial charge < -0.3 is 19.9 Å². The third kappa shape index (κ3) is 5.58. The summed E-state index contributed by atoms with van der Waals surface area (Å²) in [5.41, 5.74) is -0.0602. The van der Waals surface area contributed by atoms with Gasteiger partial charge in [0.05, 0.1) is 25.4 Å². The summed E-state index contributed by atoms with van der Waals surface area (Å²) in [4.78, 5) is 34.5. The maximum atomic E-state index is 14.9. The van der Waals surface area contributed by atoms with Crippen molar-refractivity contribution in [3.8, 4) is 0 Å². The van der Waals surface area contributed by atoms with E-state index in [4.69, 9.17) is 14.6 Å². The van der Waals surface area contributed by atoms with Crippen molar-refractivity contribution in [2.24, 2.45) is 4.99 Å². The van der Waals surface area contributed by atoms with E-state index in [0.29, 0.717) is 36.8 Å². The number of amidine groups is 1. The smallest absolute Gasteiger partial charge is 0.338 e. The molecule has 1 saturated heterocycles. The van der Waals surface area contributed by atoms with Crippen molar-refractivity contribution in [1.29, 1.82) is 0 Å². The van der Waals surface area contributed by atoms with E-state index in [1.807, 2.05) is 4.90 Å². The van der Waals surface area contributed by atoms with Crippen LogP contribution in [0.4, 0.5) is 13.2 Å². The number of halogens is 3. The third-order valence-corrected chi connectivity index (χ3v) is 6.59. The highest BCUT2D eigenvalue weighted by Gasteiger charge is 2.36. The highest BCUT2D eigenvalue weighted by Crippen LogP contribution is 2.35. The first-order valence-corrected chi connectivity index (χ1v) is 11.9. The van der Waals surface area contributed by atoms with Crippen LogP contribution in [-0.2, 0) is 19.1 Å². The number of aromatic nitrogens is 1. The first-order valence-electron chi connectivity index (χ1n) is 11.0. The SMILES string of the molecule is COC(=O)C1=C(CN2CCO[C@H](CCC(=O)O)C2)NC(c2nccs2)=N[C@H]1c1ccc(F)c(F)c1F. The molecule has 0 saturated carbocycles. The van der Waals surface area contributed by atoms with Gasteiger partial charge in [-0.1, -0.05) is 6.07 Å². The van der Waals surface area contributed by atoms with Crippen molar-refractivity contribution in [2.45, 2.75) is 25.0 Å². The molecule has 2 atom stereocenters. The van der Waals surface area contributed by atoms with Gasteiger partial charge in [0.15, 0.2) is 28.3 Å². The minimum absolute atomic E-state index is 0.0504. The summed E-state index contributed by atoms with van der Waals surface area (Å²) in [7, 11) is 1.16. The molecule has 2 N–H and O–H groups in total. The number of morpholine rings is 1. The van der Waals surface area contributed by atoms with Crippen LogP contribution >= 0.6 is 11.3 Å². The molecule has 0 unspecified atom stereocenters. The second-order valence-corrected chi connectivity index (χ2v) is 9.05. The van der Waals surface area contributed by atoms with E-state index in [9.17, 15) is 22.8 Å². The summed E-state index contributed by atoms with van der Waals surface area (Å²) < 4.78 is 53.3. The van der Waals surface area contributed by atoms with Crippen molar-refractivity contribution < 1.29 is 37.3 Å². The minimum Gasteiger partial charge on any atom is -0.481 e. The molecule has 0 amide bonds. The Bertz CT molecular complexity index is 1200. The first kappa shape index (κ1) is 25.8. The summed E-state index contributed by atoms with van der Waals surface area (Å²) in [5, 5.41) is 14.2. The second-order valence-electron chi connectivity index (χ2n) is 8.15. The van der Waals surface area contributed by atoms with Crippen LogP contribution < -0.4 is 5.32 Å². The molecule has 1 fully saturated rings. The number of nitrogens with one attached hydrogen (secondary N) is 1. The normalized spacial score (nSPS) is 20.6. The van der Waals surface area contributed by atoms with Crippen LogP contribution in [0.2, 0.25) is 0 Å². The Morgan fingerprint density at radius 1 is 1.31 bits per heavy atom. The van der Waals surface area contributed by atoms with E-state index >= 15 is 0 Å². The van der Waals surface area contributed by atoms with Crippen LogP contribution in [0.5, 0.6) is 0 Å². The maximum absolute atomic E-state index is 14.9. The molecule has 3 heterocycles. The van der Waals surface area contributed by atoms with Crippen LogP contribution in [0.1, 0.15) is 29.5 Å². The van der Waals surface area contributed by atoms with Gasteiger partial charge in [-0.15, -0.1) is 11.3 Å². The lowest BCUT2D eigenvalue weighted by Gasteiger charge is -2.35. The fraction of sp³-hybridized carbons (Fsp3) is 0.391. The third-order valence-electron chi connectivity index (χ3n) is 5.81. The summed E-state index contributed by atoms with van der Waals surface area (Å²) in [6.07, 6.45) is 1.49. The van der Waals surface area contributed by atoms with Crippen LogP contribution in [0.25, 0.3) is 0 Å². The van der Waals surface area contributed by atoms with Crippen LogP contribution in [-0.4, -0.2) is 72.2 Å². The number of ether oxygens (including phenoxy) is 2. The number of carboxylic acids is 1. The van der Waals surface area contributed by atoms with Gasteiger partial charge in [0.2, 0.25) is 0 Å². The number of benzene rings is 1. The van der Waals surface area contributed by atoms with Crippen LogP contribution in [0.3, 0.4) is 0 Å². The Morgan fingerprint density at radius 3 is 2.81 bits per heavy atom. The van der Waals surface area contributed by atoms with E-state index < -0.39 is 35.4 Å². The Hall–Kier alpha value is -3.29. The molecule has 0 radical (unpaired) electrons. The van der Waals surface area contributed by atoms with Crippen molar-refractivity contribution in [2.75, 3.05) is 33.4 Å². The molecule has 9 nitrogen and oxygen atoms in total. The molecule has 1 aromatic heterocycles. The predicted octanol–water partition coefficient (Wildman–Crippen LogP) is 2.64. The second kappa shape index (κ2) is 11.2. The molecule has 192 valence electrons. The number of carbonyl (C=O) groups is 2. The zero-order valence-corrected chi connectivity index (χ0v) is 20.0. The van der Waals surface area contributed by atoms with Crippen molar-refractivity contribution in [1.82, 2.24) is 15.2 Å². The van der Waals surface area contributed by atoms with E-state index in [1.165, 1.54) is 11.3 Å². The quantitative estimate of drug-likeness (QED) is 0.400. The minimum atomic E-state index is -1.67. The molecule has 2 aromatic rings. The summed E-state index contributed by atoms with van der Waals surface area (Å²) in [6.45, 7) is 1.38. The van der Waals surface area contributed by atoms with Crippen LogP contribution in [0.15, 0.2) is 40.0 Å². The molecule has 0 bridgehead atoms. The molecule has 13 heteroatoms. The fourth-order valence-electron chi connectivity index (χ4n) is 4.10. The van der Waals surface area contributed by atoms with Gasteiger partial charge in [0, 0.05) is 48.9 Å². The molecule has 0 aliphatic carbocycles. The summed E-state index contributed by atoms with van der Waals surface area (Å²) in [5.74, 6) is -6.00. The maximum Gasteiger partial charge on any atom is 0.338 e. The van der Waals surface area contributed by atoms with Crippen molar-refractivity contribution >= 4 is 29.1 Å². The van der Waals surface area contributed by atoms with Gasteiger partial charge in [0.1, 0.15) is 6.04 Å². The largest absolute Gasteiger partial charge is 0.481 e. The fourth-order valence-corrected chi connectivity index (χ4v) is 4.69. The molecular formula is C23H23F3N4O5S. The van der Waals surface area contributed by atoms with Crippen LogP contribution in [0, 0.1) is 17.5 Å². The molecule has 2 aliphatic heterocycles. The van der Waals surface area contributed by atoms with E-state index in [-0.39, 0.29) is 36.0 Å². The Balaban J connectivity index is 1.73. The predicted molar refractivity (Wildman–Crippen MR) is 123 cm³/mol. The monoisotopic (exact) mass is 524 g/mol. The number of carboxylic acid groups (broad SMARTS) is 1. The van der Waals surface area contributed by atoms with Gasteiger partial charge in [-0.2, -0.15) is 0 Å². The number of esters is 1. The number of hydrogen-bond acceptors (Lipinski definition) is 9. The number of carbonyl (C=O) groups excluding carboxylic acids is 1. The zero-order valence-electron chi connectivity index (χ0n) is 19.2. The van der Waals surface area contributed by atoms with E-state index in [0.717, 1.165) is 19.2 Å². The number of rotatable bonds is 8. The average Bonchev–Trinajstić information content (AvgIpc) is 3.41. The summed E-state index contributed by atoms with van der Waals surface area (Å²) >= 11 is 1.25. The Morgan fingerprint density at radius 2 is 2.11 bits per heavy atom.